The lowest BCUT2D eigenvalue weighted by Crippen LogP contribution is -2.23. The second kappa shape index (κ2) is 11.6. The zero-order chi connectivity index (χ0) is 20.2. The van der Waals surface area contributed by atoms with E-state index in [2.05, 4.69) is 35.1 Å². The highest BCUT2D eigenvalue weighted by Crippen LogP contribution is 2.22. The Kier molecular flexibility index (Phi) is 9.42. The normalized spacial score (nSPS) is 12.8. The summed E-state index contributed by atoms with van der Waals surface area (Å²) >= 11 is 1.23. The number of halogens is 1. The smallest absolute Gasteiger partial charge is 0.152 e. The van der Waals surface area contributed by atoms with Crippen LogP contribution in [0.4, 0.5) is 4.39 Å². The van der Waals surface area contributed by atoms with Crippen LogP contribution in [0.2, 0.25) is 0 Å². The minimum absolute atomic E-state index is 0.244. The van der Waals surface area contributed by atoms with E-state index >= 15 is 0 Å². The van der Waals surface area contributed by atoms with E-state index in [4.69, 9.17) is 11.6 Å². The van der Waals surface area contributed by atoms with Gasteiger partial charge >= 0.3 is 0 Å². The van der Waals surface area contributed by atoms with Crippen molar-refractivity contribution in [1.82, 2.24) is 10.3 Å². The van der Waals surface area contributed by atoms with Crippen LogP contribution in [0.5, 0.6) is 0 Å². The van der Waals surface area contributed by atoms with Gasteiger partial charge in [0.05, 0.1) is 5.70 Å². The quantitative estimate of drug-likeness (QED) is 0.122. The van der Waals surface area contributed by atoms with Gasteiger partial charge in [-0.2, -0.15) is 0 Å². The van der Waals surface area contributed by atoms with E-state index in [1.807, 2.05) is 12.1 Å². The third kappa shape index (κ3) is 7.39. The average molecular weight is 386 g/mol. The number of hydrazine groups is 1. The highest BCUT2D eigenvalue weighted by molar-refractivity contribution is 7.97. The molecule has 27 heavy (non-hydrogen) atoms. The van der Waals surface area contributed by atoms with Gasteiger partial charge in [-0.3, -0.25) is 0 Å². The van der Waals surface area contributed by atoms with Crippen LogP contribution in [0, 0.1) is 0 Å². The molecule has 0 bridgehead atoms. The highest BCUT2D eigenvalue weighted by Gasteiger charge is 2.07. The fourth-order valence-electron chi connectivity index (χ4n) is 1.83. The lowest BCUT2D eigenvalue weighted by molar-refractivity contribution is 0.641. The molecule has 1 aromatic carbocycles. The Hall–Kier alpha value is -3.03. The maximum Gasteiger partial charge on any atom is 0.152 e. The molecule has 0 radical (unpaired) electrons. The Labute approximate surface area is 163 Å². The number of amidine groups is 1. The Bertz CT molecular complexity index is 821. The zero-order valence-corrected chi connectivity index (χ0v) is 16.0. The first-order valence-corrected chi connectivity index (χ1v) is 8.77. The van der Waals surface area contributed by atoms with Crippen LogP contribution in [-0.4, -0.2) is 5.84 Å². The van der Waals surface area contributed by atoms with Crippen molar-refractivity contribution in [2.45, 2.75) is 11.8 Å². The average Bonchev–Trinajstić information content (AvgIpc) is 2.68. The Morgan fingerprint density at radius 2 is 2.04 bits per heavy atom. The minimum atomic E-state index is -0.409. The van der Waals surface area contributed by atoms with Crippen molar-refractivity contribution in [2.75, 3.05) is 0 Å². The summed E-state index contributed by atoms with van der Waals surface area (Å²) in [5, 5.41) is 3.73. The molecule has 0 aliphatic rings. The zero-order valence-electron chi connectivity index (χ0n) is 15.2. The van der Waals surface area contributed by atoms with Gasteiger partial charge in [-0.05, 0) is 54.3 Å². The third-order valence-electron chi connectivity index (χ3n) is 3.27. The number of allylic oxidation sites excluding steroid dienone is 8. The van der Waals surface area contributed by atoms with Gasteiger partial charge < -0.3 is 10.5 Å². The van der Waals surface area contributed by atoms with Crippen molar-refractivity contribution >= 4 is 17.8 Å². The minimum Gasteiger partial charge on any atom is -0.382 e. The van der Waals surface area contributed by atoms with E-state index in [-0.39, 0.29) is 11.5 Å². The number of rotatable bonds is 10. The number of benzene rings is 1. The summed E-state index contributed by atoms with van der Waals surface area (Å²) in [7, 11) is 0. The van der Waals surface area contributed by atoms with Crippen LogP contribution >= 0.6 is 11.9 Å². The SMILES string of the molecule is C=C/C=C\C(=C)C(=C)/C=C(NSc1cccc(/C(N)=N/NN)c1)\C(F)=C/C. The maximum absolute atomic E-state index is 14.2. The number of hydrazone groups is 1. The summed E-state index contributed by atoms with van der Waals surface area (Å²) < 4.78 is 17.2. The first-order chi connectivity index (χ1) is 12.9. The van der Waals surface area contributed by atoms with Crippen molar-refractivity contribution in [1.29, 1.82) is 0 Å². The number of nitrogens with two attached hydrogens (primary N) is 2. The van der Waals surface area contributed by atoms with Gasteiger partial charge in [0, 0.05) is 10.5 Å². The molecule has 0 aliphatic carbocycles. The molecule has 0 aromatic heterocycles. The molecule has 1 rings (SSSR count). The maximum atomic E-state index is 14.2. The molecule has 0 saturated heterocycles. The van der Waals surface area contributed by atoms with Crippen LogP contribution in [0.25, 0.3) is 0 Å². The Balaban J connectivity index is 2.98. The molecule has 6 N–H and O–H groups in total. The van der Waals surface area contributed by atoms with Crippen LogP contribution < -0.4 is 21.8 Å². The molecule has 0 amide bonds. The van der Waals surface area contributed by atoms with Gasteiger partial charge in [0.2, 0.25) is 0 Å². The predicted octanol–water partition coefficient (Wildman–Crippen LogP) is 3.98. The fraction of sp³-hybridized carbons (Fsp3) is 0.0500. The molecule has 1 aromatic rings. The molecule has 0 heterocycles. The van der Waals surface area contributed by atoms with Crippen molar-refractivity contribution in [3.63, 3.8) is 0 Å². The van der Waals surface area contributed by atoms with Crippen molar-refractivity contribution in [3.8, 4) is 0 Å². The third-order valence-corrected chi connectivity index (χ3v) is 4.08. The standard InChI is InChI=1S/C20H24FN5S/c1-5-7-9-14(3)15(4)12-19(18(21)6-2)25-27-17-11-8-10-16(13-17)20(22)24-26-23/h5-13,25-26H,1,3-4,23H2,2H3,(H2,22,24)/b9-7-,18-6+,19-12+. The van der Waals surface area contributed by atoms with E-state index in [0.29, 0.717) is 16.7 Å². The van der Waals surface area contributed by atoms with Crippen LogP contribution in [0.3, 0.4) is 0 Å². The van der Waals surface area contributed by atoms with Gasteiger partial charge in [-0.25, -0.2) is 15.8 Å². The molecule has 0 aliphatic heterocycles. The van der Waals surface area contributed by atoms with Crippen molar-refractivity contribution in [2.24, 2.45) is 16.7 Å². The van der Waals surface area contributed by atoms with Crippen molar-refractivity contribution in [3.05, 3.63) is 103 Å². The predicted molar refractivity (Wildman–Crippen MR) is 114 cm³/mol. The van der Waals surface area contributed by atoms with Gasteiger partial charge in [0.1, 0.15) is 5.83 Å². The molecule has 142 valence electrons. The Morgan fingerprint density at radius 1 is 1.30 bits per heavy atom. The molecule has 5 nitrogen and oxygen atoms in total. The molecule has 0 unspecified atom stereocenters. The summed E-state index contributed by atoms with van der Waals surface area (Å²) in [6.45, 7) is 13.0. The van der Waals surface area contributed by atoms with E-state index in [1.165, 1.54) is 18.0 Å². The van der Waals surface area contributed by atoms with E-state index in [9.17, 15) is 4.39 Å². The van der Waals surface area contributed by atoms with E-state index < -0.39 is 5.83 Å². The number of nitrogens with one attached hydrogen (secondary N) is 2. The molecule has 0 atom stereocenters. The Morgan fingerprint density at radius 3 is 2.67 bits per heavy atom. The number of hydrogen-bond acceptors (Lipinski definition) is 5. The first-order valence-electron chi connectivity index (χ1n) is 7.96. The van der Waals surface area contributed by atoms with Crippen LogP contribution in [0.15, 0.2) is 107 Å². The molecular formula is C20H24FN5S. The second-order valence-electron chi connectivity index (χ2n) is 5.20. The topological polar surface area (TPSA) is 88.5 Å². The molecule has 0 saturated carbocycles. The van der Waals surface area contributed by atoms with Gasteiger partial charge in [-0.15, -0.1) is 5.10 Å². The van der Waals surface area contributed by atoms with Gasteiger partial charge in [0.25, 0.3) is 0 Å². The van der Waals surface area contributed by atoms with Crippen LogP contribution in [-0.2, 0) is 0 Å². The summed E-state index contributed by atoms with van der Waals surface area (Å²) in [6.07, 6.45) is 8.08. The summed E-state index contributed by atoms with van der Waals surface area (Å²) in [5.74, 6) is 4.97. The van der Waals surface area contributed by atoms with Crippen molar-refractivity contribution < 1.29 is 4.39 Å². The summed E-state index contributed by atoms with van der Waals surface area (Å²) in [6, 6.07) is 7.27. The first kappa shape index (κ1) is 22.0. The molecular weight excluding hydrogens is 361 g/mol. The molecule has 0 spiro atoms. The second-order valence-corrected chi connectivity index (χ2v) is 6.08. The highest BCUT2D eigenvalue weighted by atomic mass is 32.2. The molecule has 7 heteroatoms. The van der Waals surface area contributed by atoms with E-state index in [0.717, 1.165) is 4.90 Å². The van der Waals surface area contributed by atoms with Gasteiger partial charge in [-0.1, -0.05) is 50.1 Å². The lowest BCUT2D eigenvalue weighted by atomic mass is 10.1. The number of nitrogens with zero attached hydrogens (tertiary/aromatic N) is 1. The molecule has 0 fully saturated rings. The van der Waals surface area contributed by atoms with E-state index in [1.54, 1.807) is 43.4 Å². The summed E-state index contributed by atoms with van der Waals surface area (Å²) in [4.78, 5) is 0.813. The lowest BCUT2D eigenvalue weighted by Gasteiger charge is -2.11. The fourth-order valence-corrected chi connectivity index (χ4v) is 2.54. The van der Waals surface area contributed by atoms with Gasteiger partial charge in [0.15, 0.2) is 5.84 Å². The largest absolute Gasteiger partial charge is 0.382 e. The number of hydrogen-bond donors (Lipinski definition) is 4. The summed E-state index contributed by atoms with van der Waals surface area (Å²) in [5.41, 5.74) is 10.1. The monoisotopic (exact) mass is 385 g/mol. The van der Waals surface area contributed by atoms with Crippen LogP contribution in [0.1, 0.15) is 12.5 Å².